The molecule has 0 aliphatic carbocycles. The van der Waals surface area contributed by atoms with Crippen LogP contribution < -0.4 is 9.47 Å². The number of nitrogens with zero attached hydrogens (tertiary/aromatic N) is 3. The van der Waals surface area contributed by atoms with Crippen molar-refractivity contribution in [2.24, 2.45) is 0 Å². The molecule has 1 aromatic heterocycles. The van der Waals surface area contributed by atoms with E-state index in [1.54, 1.807) is 14.2 Å². The smallest absolute Gasteiger partial charge is 0.227 e. The second-order valence-corrected chi connectivity index (χ2v) is 8.15. The van der Waals surface area contributed by atoms with Gasteiger partial charge in [0.25, 0.3) is 0 Å². The van der Waals surface area contributed by atoms with Crippen molar-refractivity contribution in [1.29, 1.82) is 0 Å². The first-order valence-electron chi connectivity index (χ1n) is 12.0. The maximum Gasteiger partial charge on any atom is 0.227 e. The lowest BCUT2D eigenvalue weighted by atomic mass is 10.1. The summed E-state index contributed by atoms with van der Waals surface area (Å²) in [7, 11) is 3.32. The zero-order valence-corrected chi connectivity index (χ0v) is 21.1. The van der Waals surface area contributed by atoms with E-state index in [-0.39, 0.29) is 0 Å². The first-order chi connectivity index (χ1) is 17.1. The zero-order valence-electron chi connectivity index (χ0n) is 21.1. The second kappa shape index (κ2) is 13.8. The highest BCUT2D eigenvalue weighted by Crippen LogP contribution is 2.33. The van der Waals surface area contributed by atoms with Crippen LogP contribution in [0.1, 0.15) is 25.1 Å². The molecular formula is C27H37N3O5. The first kappa shape index (κ1) is 26.7. The Balaban J connectivity index is 1.98. The zero-order chi connectivity index (χ0) is 25.0. The van der Waals surface area contributed by atoms with Crippen LogP contribution in [-0.4, -0.2) is 73.0 Å². The molecule has 190 valence electrons. The highest BCUT2D eigenvalue weighted by atomic mass is 16.5. The highest BCUT2D eigenvalue weighted by Gasteiger charge is 2.23. The number of para-hydroxylation sites is 1. The number of methoxy groups -OCH3 is 2. The molecule has 0 amide bonds. The Hall–Kier alpha value is -2.91. The molecule has 1 heterocycles. The maximum absolute atomic E-state index is 10.5. The van der Waals surface area contributed by atoms with Gasteiger partial charge in [0.15, 0.2) is 0 Å². The van der Waals surface area contributed by atoms with Gasteiger partial charge in [0.05, 0.1) is 43.4 Å². The molecule has 3 aromatic rings. The second-order valence-electron chi connectivity index (χ2n) is 8.15. The van der Waals surface area contributed by atoms with Crippen LogP contribution in [0.5, 0.6) is 17.4 Å². The van der Waals surface area contributed by atoms with Gasteiger partial charge in [-0.05, 0) is 49.7 Å². The SMILES string of the molecule is CCOC[C@@H](O)CN(CCOC)Cc1c(CC)nn(-c2ccccc2)c1Oc1ccc(OC)cc1. The number of aliphatic hydroxyl groups excluding tert-OH is 1. The fraction of sp³-hybridized carbons (Fsp3) is 0.444. The fourth-order valence-electron chi connectivity index (χ4n) is 3.81. The molecule has 3 rings (SSSR count). The topological polar surface area (TPSA) is 78.2 Å². The van der Waals surface area contributed by atoms with Gasteiger partial charge in [0.1, 0.15) is 11.5 Å². The summed E-state index contributed by atoms with van der Waals surface area (Å²) in [5.41, 5.74) is 2.84. The van der Waals surface area contributed by atoms with Gasteiger partial charge in [-0.3, -0.25) is 4.90 Å². The number of aromatic nitrogens is 2. The van der Waals surface area contributed by atoms with E-state index >= 15 is 0 Å². The molecule has 0 saturated carbocycles. The quantitative estimate of drug-likeness (QED) is 0.349. The average Bonchev–Trinajstić information content (AvgIpc) is 3.23. The summed E-state index contributed by atoms with van der Waals surface area (Å²) in [6, 6.07) is 17.4. The van der Waals surface area contributed by atoms with E-state index in [4.69, 9.17) is 24.0 Å². The van der Waals surface area contributed by atoms with Crippen LogP contribution in [-0.2, 0) is 22.4 Å². The summed E-state index contributed by atoms with van der Waals surface area (Å²) < 4.78 is 24.3. The van der Waals surface area contributed by atoms with Gasteiger partial charge in [-0.15, -0.1) is 0 Å². The molecule has 0 aliphatic heterocycles. The van der Waals surface area contributed by atoms with Crippen molar-refractivity contribution in [3.8, 4) is 23.1 Å². The molecule has 1 N–H and O–H groups in total. The summed E-state index contributed by atoms with van der Waals surface area (Å²) in [5, 5.41) is 15.4. The van der Waals surface area contributed by atoms with Crippen molar-refractivity contribution in [2.75, 3.05) is 47.1 Å². The van der Waals surface area contributed by atoms with Crippen LogP contribution in [0, 0.1) is 0 Å². The Kier molecular flexibility index (Phi) is 10.6. The van der Waals surface area contributed by atoms with Crippen LogP contribution in [0.4, 0.5) is 0 Å². The van der Waals surface area contributed by atoms with E-state index in [2.05, 4.69) is 11.8 Å². The predicted octanol–water partition coefficient (Wildman–Crippen LogP) is 4.08. The predicted molar refractivity (Wildman–Crippen MR) is 136 cm³/mol. The molecule has 0 unspecified atom stereocenters. The third kappa shape index (κ3) is 7.53. The number of hydrogen-bond acceptors (Lipinski definition) is 7. The molecule has 0 bridgehead atoms. The molecule has 0 aliphatic rings. The molecule has 2 aromatic carbocycles. The van der Waals surface area contributed by atoms with Crippen LogP contribution in [0.25, 0.3) is 5.69 Å². The van der Waals surface area contributed by atoms with E-state index in [1.165, 1.54) is 0 Å². The van der Waals surface area contributed by atoms with Crippen LogP contribution >= 0.6 is 0 Å². The Morgan fingerprint density at radius 3 is 2.34 bits per heavy atom. The summed E-state index contributed by atoms with van der Waals surface area (Å²) in [4.78, 5) is 2.15. The monoisotopic (exact) mass is 483 g/mol. The van der Waals surface area contributed by atoms with Gasteiger partial charge < -0.3 is 24.1 Å². The standard InChI is InChI=1S/C27H37N3O5/c1-5-26-25(19-29(16-17-32-3)18-22(31)20-34-6-2)27(30(28-26)21-10-8-7-9-11-21)35-24-14-12-23(33-4)13-15-24/h7-15,22,31H,5-6,16-20H2,1-4H3/t22-/m0/s1. The highest BCUT2D eigenvalue weighted by molar-refractivity contribution is 5.44. The van der Waals surface area contributed by atoms with Gasteiger partial charge in [0.2, 0.25) is 5.88 Å². The van der Waals surface area contributed by atoms with Gasteiger partial charge in [-0.1, -0.05) is 25.1 Å². The molecule has 0 radical (unpaired) electrons. The molecule has 0 fully saturated rings. The summed E-state index contributed by atoms with van der Waals surface area (Å²) in [5.74, 6) is 2.10. The summed E-state index contributed by atoms with van der Waals surface area (Å²) in [6.07, 6.45) is 0.139. The van der Waals surface area contributed by atoms with E-state index in [1.807, 2.05) is 66.2 Å². The first-order valence-corrected chi connectivity index (χ1v) is 12.0. The molecular weight excluding hydrogens is 446 g/mol. The molecule has 35 heavy (non-hydrogen) atoms. The van der Waals surface area contributed by atoms with Crippen molar-refractivity contribution in [3.05, 3.63) is 65.9 Å². The Labute approximate surface area is 208 Å². The molecule has 8 nitrogen and oxygen atoms in total. The van der Waals surface area contributed by atoms with E-state index in [0.29, 0.717) is 51.1 Å². The van der Waals surface area contributed by atoms with Crippen molar-refractivity contribution < 1.29 is 24.1 Å². The van der Waals surface area contributed by atoms with Crippen LogP contribution in [0.2, 0.25) is 0 Å². The van der Waals surface area contributed by atoms with Crippen molar-refractivity contribution in [3.63, 3.8) is 0 Å². The van der Waals surface area contributed by atoms with Crippen molar-refractivity contribution in [2.45, 2.75) is 32.9 Å². The van der Waals surface area contributed by atoms with Crippen LogP contribution in [0.3, 0.4) is 0 Å². The Bertz CT molecular complexity index is 1010. The lowest BCUT2D eigenvalue weighted by Gasteiger charge is -2.25. The number of aryl methyl sites for hydroxylation is 1. The summed E-state index contributed by atoms with van der Waals surface area (Å²) >= 11 is 0. The lowest BCUT2D eigenvalue weighted by Crippen LogP contribution is -2.36. The van der Waals surface area contributed by atoms with Gasteiger partial charge in [0, 0.05) is 33.4 Å². The fourth-order valence-corrected chi connectivity index (χ4v) is 3.81. The number of rotatable bonds is 15. The Morgan fingerprint density at radius 2 is 1.71 bits per heavy atom. The van der Waals surface area contributed by atoms with Crippen LogP contribution in [0.15, 0.2) is 54.6 Å². The number of benzene rings is 2. The average molecular weight is 484 g/mol. The van der Waals surface area contributed by atoms with Gasteiger partial charge in [-0.25, -0.2) is 4.68 Å². The number of ether oxygens (including phenoxy) is 4. The molecule has 1 atom stereocenters. The van der Waals surface area contributed by atoms with E-state index in [0.717, 1.165) is 29.1 Å². The van der Waals surface area contributed by atoms with E-state index in [9.17, 15) is 5.11 Å². The lowest BCUT2D eigenvalue weighted by molar-refractivity contribution is 0.0147. The number of aliphatic hydroxyl groups is 1. The number of hydrogen-bond donors (Lipinski definition) is 1. The van der Waals surface area contributed by atoms with Gasteiger partial charge in [-0.2, -0.15) is 5.10 Å². The van der Waals surface area contributed by atoms with Crippen molar-refractivity contribution >= 4 is 0 Å². The van der Waals surface area contributed by atoms with Gasteiger partial charge >= 0.3 is 0 Å². The minimum Gasteiger partial charge on any atom is -0.497 e. The normalized spacial score (nSPS) is 12.2. The maximum atomic E-state index is 10.5. The summed E-state index contributed by atoms with van der Waals surface area (Å²) in [6.45, 7) is 7.06. The molecule has 0 spiro atoms. The largest absolute Gasteiger partial charge is 0.497 e. The molecule has 8 heteroatoms. The molecule has 0 saturated heterocycles. The minimum atomic E-state index is -0.605. The van der Waals surface area contributed by atoms with E-state index < -0.39 is 6.10 Å². The minimum absolute atomic E-state index is 0.291. The van der Waals surface area contributed by atoms with Crippen molar-refractivity contribution in [1.82, 2.24) is 14.7 Å². The Morgan fingerprint density at radius 1 is 1.00 bits per heavy atom. The third-order valence-electron chi connectivity index (χ3n) is 5.61. The third-order valence-corrected chi connectivity index (χ3v) is 5.61.